The fraction of sp³-hybridized carbons (Fsp3) is 0.550. The van der Waals surface area contributed by atoms with Gasteiger partial charge in [0, 0.05) is 25.1 Å². The van der Waals surface area contributed by atoms with Crippen molar-refractivity contribution in [3.8, 4) is 0 Å². The fourth-order valence-corrected chi connectivity index (χ4v) is 3.61. The molecule has 1 aliphatic rings. The molecule has 154 valence electrons. The van der Waals surface area contributed by atoms with Crippen molar-refractivity contribution >= 4 is 33.8 Å². The van der Waals surface area contributed by atoms with Gasteiger partial charge in [-0.25, -0.2) is 4.79 Å². The molecule has 0 bridgehead atoms. The molecule has 1 N–H and O–H groups in total. The highest BCUT2D eigenvalue weighted by Gasteiger charge is 2.40. The molecule has 0 aliphatic carbocycles. The van der Waals surface area contributed by atoms with Gasteiger partial charge in [0.2, 0.25) is 0 Å². The van der Waals surface area contributed by atoms with E-state index in [1.54, 1.807) is 4.90 Å². The third-order valence-corrected chi connectivity index (χ3v) is 4.92. The van der Waals surface area contributed by atoms with Crippen molar-refractivity contribution in [1.82, 2.24) is 15.1 Å². The van der Waals surface area contributed by atoms with Crippen molar-refractivity contribution in [1.29, 1.82) is 0 Å². The summed E-state index contributed by atoms with van der Waals surface area (Å²) in [6, 6.07) is 7.18. The topological polar surface area (TPSA) is 79.0 Å². The van der Waals surface area contributed by atoms with Crippen LogP contribution in [-0.4, -0.2) is 66.0 Å². The van der Waals surface area contributed by atoms with Crippen LogP contribution in [0.1, 0.15) is 32.8 Å². The van der Waals surface area contributed by atoms with Gasteiger partial charge in [0.15, 0.2) is 0 Å². The van der Waals surface area contributed by atoms with Gasteiger partial charge >= 0.3 is 17.9 Å². The third kappa shape index (κ3) is 5.95. The molecule has 1 saturated heterocycles. The fourth-order valence-electron chi connectivity index (χ4n) is 3.16. The molecule has 1 fully saturated rings. The van der Waals surface area contributed by atoms with Gasteiger partial charge in [-0.2, -0.15) is 0 Å². The Bertz CT molecular complexity index is 745. The number of hydrogen-bond acceptors (Lipinski definition) is 4. The predicted octanol–water partition coefficient (Wildman–Crippen LogP) is 2.57. The summed E-state index contributed by atoms with van der Waals surface area (Å²) in [6.07, 6.45) is 0.688. The highest BCUT2D eigenvalue weighted by molar-refractivity contribution is 9.10. The first-order valence-corrected chi connectivity index (χ1v) is 10.0. The molecule has 1 aromatic carbocycles. The molecule has 1 heterocycles. The number of carbonyl (C=O) groups excluding carboxylic acids is 3. The molecule has 28 heavy (non-hydrogen) atoms. The average molecular weight is 454 g/mol. The molecule has 0 unspecified atom stereocenters. The van der Waals surface area contributed by atoms with E-state index in [1.165, 1.54) is 19.0 Å². The highest BCUT2D eigenvalue weighted by Crippen LogP contribution is 2.25. The number of nitrogens with one attached hydrogen (secondary N) is 1. The number of benzene rings is 1. The van der Waals surface area contributed by atoms with E-state index in [-0.39, 0.29) is 12.1 Å². The molecule has 0 saturated carbocycles. The number of ether oxygens (including phenoxy) is 1. The maximum atomic E-state index is 12.7. The second-order valence-corrected chi connectivity index (χ2v) is 9.06. The van der Waals surface area contributed by atoms with Crippen LogP contribution >= 0.6 is 15.9 Å². The maximum Gasteiger partial charge on any atom is 0.410 e. The van der Waals surface area contributed by atoms with Crippen molar-refractivity contribution in [3.05, 3.63) is 34.3 Å². The number of carbonyl (C=O) groups is 3. The first-order chi connectivity index (χ1) is 13.0. The Morgan fingerprint density at radius 2 is 1.96 bits per heavy atom. The quantitative estimate of drug-likeness (QED) is 0.713. The Hall–Kier alpha value is -2.09. The first kappa shape index (κ1) is 22.2. The van der Waals surface area contributed by atoms with E-state index < -0.39 is 23.5 Å². The Kier molecular flexibility index (Phi) is 7.09. The van der Waals surface area contributed by atoms with E-state index in [0.29, 0.717) is 19.4 Å². The van der Waals surface area contributed by atoms with Crippen LogP contribution in [0, 0.1) is 0 Å². The number of hydrogen-bond donors (Lipinski definition) is 1. The molecule has 1 aromatic rings. The first-order valence-electron chi connectivity index (χ1n) is 9.24. The number of amides is 3. The van der Waals surface area contributed by atoms with E-state index in [2.05, 4.69) is 21.2 Å². The molecule has 3 amide bonds. The summed E-state index contributed by atoms with van der Waals surface area (Å²) < 4.78 is 6.48. The molecule has 1 aliphatic heterocycles. The van der Waals surface area contributed by atoms with Crippen LogP contribution in [0.5, 0.6) is 0 Å². The van der Waals surface area contributed by atoms with Crippen molar-refractivity contribution in [2.24, 2.45) is 0 Å². The number of halogens is 1. The van der Waals surface area contributed by atoms with Gasteiger partial charge in [-0.1, -0.05) is 28.1 Å². The largest absolute Gasteiger partial charge is 0.444 e. The molecule has 2 rings (SSSR count). The summed E-state index contributed by atoms with van der Waals surface area (Å²) in [4.78, 5) is 39.8. The zero-order valence-corrected chi connectivity index (χ0v) is 18.6. The Labute approximate surface area is 174 Å². The minimum atomic E-state index is -0.666. The molecule has 7 nitrogen and oxygen atoms in total. The monoisotopic (exact) mass is 453 g/mol. The van der Waals surface area contributed by atoms with Crippen molar-refractivity contribution in [3.63, 3.8) is 0 Å². The Morgan fingerprint density at radius 3 is 2.54 bits per heavy atom. The standard InChI is InChI=1S/C20H28BrN3O4/c1-20(2,3)28-19(27)24-10-9-15(22-17(25)18(26)23(4)5)16(24)12-13-7-6-8-14(21)11-13/h6-8,11,15-16H,9-10,12H2,1-5H3,(H,22,25)/t15-,16-/m0/s1. The molecule has 0 spiro atoms. The summed E-state index contributed by atoms with van der Waals surface area (Å²) in [5.41, 5.74) is 0.410. The molecular weight excluding hydrogens is 426 g/mol. The van der Waals surface area contributed by atoms with Crippen LogP contribution in [0.2, 0.25) is 0 Å². The lowest BCUT2D eigenvalue weighted by Gasteiger charge is -2.31. The number of rotatable bonds is 3. The van der Waals surface area contributed by atoms with Crippen molar-refractivity contribution in [2.45, 2.75) is 51.3 Å². The van der Waals surface area contributed by atoms with Gasteiger partial charge in [-0.3, -0.25) is 9.59 Å². The molecule has 0 aromatic heterocycles. The second kappa shape index (κ2) is 8.94. The van der Waals surface area contributed by atoms with E-state index in [9.17, 15) is 14.4 Å². The minimum Gasteiger partial charge on any atom is -0.444 e. The average Bonchev–Trinajstić information content (AvgIpc) is 2.95. The van der Waals surface area contributed by atoms with Crippen LogP contribution in [0.3, 0.4) is 0 Å². The third-order valence-electron chi connectivity index (χ3n) is 4.42. The van der Waals surface area contributed by atoms with E-state index in [0.717, 1.165) is 10.0 Å². The Morgan fingerprint density at radius 1 is 1.29 bits per heavy atom. The molecule has 8 heteroatoms. The van der Waals surface area contributed by atoms with Crippen LogP contribution in [0.15, 0.2) is 28.7 Å². The summed E-state index contributed by atoms with van der Waals surface area (Å²) in [7, 11) is 3.06. The lowest BCUT2D eigenvalue weighted by molar-refractivity contribution is -0.144. The zero-order valence-electron chi connectivity index (χ0n) is 17.0. The predicted molar refractivity (Wildman–Crippen MR) is 110 cm³/mol. The number of likely N-dealkylation sites (tertiary alicyclic amines) is 1. The van der Waals surface area contributed by atoms with Crippen LogP contribution in [0.4, 0.5) is 4.79 Å². The zero-order chi connectivity index (χ0) is 21.1. The normalized spacial score (nSPS) is 19.3. The van der Waals surface area contributed by atoms with Gasteiger partial charge in [0.1, 0.15) is 5.60 Å². The lowest BCUT2D eigenvalue weighted by Crippen LogP contribution is -2.51. The van der Waals surface area contributed by atoms with E-state index >= 15 is 0 Å². The summed E-state index contributed by atoms with van der Waals surface area (Å²) in [5, 5.41) is 2.80. The summed E-state index contributed by atoms with van der Waals surface area (Å²) in [6.45, 7) is 5.91. The molecule has 2 atom stereocenters. The van der Waals surface area contributed by atoms with Gasteiger partial charge < -0.3 is 19.9 Å². The van der Waals surface area contributed by atoms with E-state index in [4.69, 9.17) is 4.74 Å². The number of nitrogens with zero attached hydrogens (tertiary/aromatic N) is 2. The minimum absolute atomic E-state index is 0.303. The van der Waals surface area contributed by atoms with Crippen LogP contribution in [0.25, 0.3) is 0 Å². The summed E-state index contributed by atoms with van der Waals surface area (Å²) in [5.74, 6) is -1.28. The van der Waals surface area contributed by atoms with Gasteiger partial charge in [-0.15, -0.1) is 0 Å². The second-order valence-electron chi connectivity index (χ2n) is 8.14. The lowest BCUT2D eigenvalue weighted by atomic mass is 10.00. The maximum absolute atomic E-state index is 12.7. The van der Waals surface area contributed by atoms with Crippen molar-refractivity contribution in [2.75, 3.05) is 20.6 Å². The molecular formula is C20H28BrN3O4. The smallest absolute Gasteiger partial charge is 0.410 e. The number of likely N-dealkylation sites (N-methyl/N-ethyl adjacent to an activating group) is 1. The van der Waals surface area contributed by atoms with Crippen molar-refractivity contribution < 1.29 is 19.1 Å². The molecule has 0 radical (unpaired) electrons. The van der Waals surface area contributed by atoms with Crippen LogP contribution in [-0.2, 0) is 20.7 Å². The Balaban J connectivity index is 2.22. The van der Waals surface area contributed by atoms with Gasteiger partial charge in [0.05, 0.1) is 12.1 Å². The van der Waals surface area contributed by atoms with Crippen LogP contribution < -0.4 is 5.32 Å². The van der Waals surface area contributed by atoms with E-state index in [1.807, 2.05) is 45.0 Å². The van der Waals surface area contributed by atoms with Gasteiger partial charge in [-0.05, 0) is 51.3 Å². The van der Waals surface area contributed by atoms with Gasteiger partial charge in [0.25, 0.3) is 0 Å². The highest BCUT2D eigenvalue weighted by atomic mass is 79.9. The SMILES string of the molecule is CN(C)C(=O)C(=O)N[C@H]1CCN(C(=O)OC(C)(C)C)[C@H]1Cc1cccc(Br)c1. The summed E-state index contributed by atoms with van der Waals surface area (Å²) >= 11 is 3.46.